The molecule has 0 aliphatic heterocycles. The summed E-state index contributed by atoms with van der Waals surface area (Å²) in [4.78, 5) is 14.4. The Morgan fingerprint density at radius 1 is 1.10 bits per heavy atom. The molecule has 1 saturated carbocycles. The minimum absolute atomic E-state index is 0.0199. The van der Waals surface area contributed by atoms with Crippen LogP contribution in [-0.4, -0.2) is 45.4 Å². The van der Waals surface area contributed by atoms with E-state index in [1.165, 1.54) is 31.0 Å². The molecule has 9 heteroatoms. The van der Waals surface area contributed by atoms with Gasteiger partial charge >= 0.3 is 0 Å². The smallest absolute Gasteiger partial charge is 0.261 e. The first kappa shape index (κ1) is 21.9. The number of hydrogen-bond acceptors (Lipinski definition) is 4. The first-order chi connectivity index (χ1) is 13.7. The fourth-order valence-electron chi connectivity index (χ4n) is 2.87. The quantitative estimate of drug-likeness (QED) is 0.605. The predicted molar refractivity (Wildman–Crippen MR) is 116 cm³/mol. The van der Waals surface area contributed by atoms with E-state index in [0.29, 0.717) is 18.3 Å². The summed E-state index contributed by atoms with van der Waals surface area (Å²) in [6, 6.07) is 11.5. The molecule has 0 bridgehead atoms. The number of anilines is 1. The molecule has 1 aliphatic carbocycles. The monoisotopic (exact) mass is 455 g/mol. The lowest BCUT2D eigenvalue weighted by atomic mass is 10.1. The van der Waals surface area contributed by atoms with Crippen molar-refractivity contribution in [1.82, 2.24) is 10.2 Å². The number of likely N-dealkylation sites (N-methyl/N-ethyl adjacent to an activating group) is 1. The van der Waals surface area contributed by atoms with Gasteiger partial charge < -0.3 is 10.2 Å². The van der Waals surface area contributed by atoms with Gasteiger partial charge in [-0.1, -0.05) is 35.3 Å². The van der Waals surface area contributed by atoms with Crippen molar-refractivity contribution < 1.29 is 13.2 Å². The zero-order valence-corrected chi connectivity index (χ0v) is 18.3. The number of amides is 1. The molecule has 1 fully saturated rings. The van der Waals surface area contributed by atoms with Crippen LogP contribution in [-0.2, 0) is 21.2 Å². The Labute approximate surface area is 181 Å². The highest BCUT2D eigenvalue weighted by Gasteiger charge is 2.25. The molecule has 1 aliphatic rings. The van der Waals surface area contributed by atoms with Crippen molar-refractivity contribution in [3.63, 3.8) is 0 Å². The van der Waals surface area contributed by atoms with Crippen LogP contribution in [0.4, 0.5) is 5.69 Å². The summed E-state index contributed by atoms with van der Waals surface area (Å²) < 4.78 is 27.4. The van der Waals surface area contributed by atoms with Gasteiger partial charge in [-0.3, -0.25) is 9.52 Å². The van der Waals surface area contributed by atoms with Crippen LogP contribution in [0.1, 0.15) is 18.4 Å². The number of hydrogen-bond donors (Lipinski definition) is 2. The van der Waals surface area contributed by atoms with E-state index in [4.69, 9.17) is 23.2 Å². The number of nitrogens with zero attached hydrogens (tertiary/aromatic N) is 1. The van der Waals surface area contributed by atoms with Crippen LogP contribution in [0.15, 0.2) is 47.4 Å². The van der Waals surface area contributed by atoms with E-state index in [1.54, 1.807) is 24.3 Å². The summed E-state index contributed by atoms with van der Waals surface area (Å²) in [6.07, 6.45) is 2.73. The molecule has 0 unspecified atom stereocenters. The average Bonchev–Trinajstić information content (AvgIpc) is 3.50. The van der Waals surface area contributed by atoms with Gasteiger partial charge in [0.15, 0.2) is 0 Å². The minimum atomic E-state index is -3.79. The first-order valence-corrected chi connectivity index (χ1v) is 11.5. The first-order valence-electron chi connectivity index (χ1n) is 9.28. The number of halogens is 2. The maximum atomic E-state index is 12.5. The maximum absolute atomic E-state index is 12.5. The SMILES string of the molecule is CN(CCNC(=O)Cc1ccc(NS(=O)(=O)c2ccc(Cl)c(Cl)c2)cc1)C1CC1. The number of sulfonamides is 1. The molecule has 0 saturated heterocycles. The molecule has 0 spiro atoms. The summed E-state index contributed by atoms with van der Waals surface area (Å²) in [7, 11) is -1.72. The van der Waals surface area contributed by atoms with Crippen LogP contribution in [0.2, 0.25) is 10.0 Å². The maximum Gasteiger partial charge on any atom is 0.261 e. The third-order valence-electron chi connectivity index (χ3n) is 4.73. The zero-order chi connectivity index (χ0) is 21.0. The van der Waals surface area contributed by atoms with Gasteiger partial charge in [-0.05, 0) is 55.8 Å². The van der Waals surface area contributed by atoms with E-state index in [-0.39, 0.29) is 27.3 Å². The Kier molecular flexibility index (Phi) is 7.05. The molecule has 1 amide bonds. The molecule has 2 aromatic rings. The molecule has 6 nitrogen and oxygen atoms in total. The zero-order valence-electron chi connectivity index (χ0n) is 16.0. The molecular formula is C20H23Cl2N3O3S. The van der Waals surface area contributed by atoms with Gasteiger partial charge in [0, 0.05) is 24.8 Å². The van der Waals surface area contributed by atoms with E-state index < -0.39 is 10.0 Å². The number of rotatable bonds is 9. The summed E-state index contributed by atoms with van der Waals surface area (Å²) >= 11 is 11.7. The van der Waals surface area contributed by atoms with Crippen molar-refractivity contribution in [2.45, 2.75) is 30.2 Å². The molecule has 2 N–H and O–H groups in total. The Morgan fingerprint density at radius 3 is 2.41 bits per heavy atom. The lowest BCUT2D eigenvalue weighted by molar-refractivity contribution is -0.120. The van der Waals surface area contributed by atoms with Crippen LogP contribution in [0, 0.1) is 0 Å². The predicted octanol–water partition coefficient (Wildman–Crippen LogP) is 3.55. The van der Waals surface area contributed by atoms with E-state index in [1.807, 2.05) is 0 Å². The second kappa shape index (κ2) is 9.34. The van der Waals surface area contributed by atoms with Crippen LogP contribution in [0.5, 0.6) is 0 Å². The standard InChI is InChI=1S/C20H23Cl2N3O3S/c1-25(16-6-7-16)11-10-23-20(26)12-14-2-4-15(5-3-14)24-29(27,28)17-8-9-18(21)19(22)13-17/h2-5,8-9,13,16,24H,6-7,10-12H2,1H3,(H,23,26). The highest BCUT2D eigenvalue weighted by Crippen LogP contribution is 2.26. The Bertz CT molecular complexity index is 977. The Morgan fingerprint density at radius 2 is 1.79 bits per heavy atom. The van der Waals surface area contributed by atoms with Gasteiger partial charge in [0.1, 0.15) is 0 Å². The molecule has 2 aromatic carbocycles. The van der Waals surface area contributed by atoms with Gasteiger partial charge in [-0.25, -0.2) is 8.42 Å². The number of carbonyl (C=O) groups excluding carboxylic acids is 1. The normalized spacial score (nSPS) is 14.1. The van der Waals surface area contributed by atoms with E-state index >= 15 is 0 Å². The minimum Gasteiger partial charge on any atom is -0.355 e. The van der Waals surface area contributed by atoms with Gasteiger partial charge in [-0.2, -0.15) is 0 Å². The van der Waals surface area contributed by atoms with Crippen molar-refractivity contribution >= 4 is 44.8 Å². The lowest BCUT2D eigenvalue weighted by Gasteiger charge is -2.15. The fraction of sp³-hybridized carbons (Fsp3) is 0.350. The highest BCUT2D eigenvalue weighted by molar-refractivity contribution is 7.92. The second-order valence-corrected chi connectivity index (χ2v) is 9.61. The van der Waals surface area contributed by atoms with Crippen molar-refractivity contribution in [2.24, 2.45) is 0 Å². The summed E-state index contributed by atoms with van der Waals surface area (Å²) in [5.41, 5.74) is 1.20. The van der Waals surface area contributed by atoms with Gasteiger partial charge in [0.25, 0.3) is 10.0 Å². The second-order valence-electron chi connectivity index (χ2n) is 7.12. The van der Waals surface area contributed by atoms with Crippen molar-refractivity contribution in [3.05, 3.63) is 58.1 Å². The van der Waals surface area contributed by atoms with Crippen molar-refractivity contribution in [1.29, 1.82) is 0 Å². The van der Waals surface area contributed by atoms with Gasteiger partial charge in [0.2, 0.25) is 5.91 Å². The molecule has 29 heavy (non-hydrogen) atoms. The van der Waals surface area contributed by atoms with Gasteiger partial charge in [-0.15, -0.1) is 0 Å². The summed E-state index contributed by atoms with van der Waals surface area (Å²) in [5, 5.41) is 3.36. The molecule has 0 atom stereocenters. The molecule has 3 rings (SSSR count). The number of carbonyl (C=O) groups is 1. The topological polar surface area (TPSA) is 78.5 Å². The van der Waals surface area contributed by atoms with Crippen LogP contribution < -0.4 is 10.0 Å². The largest absolute Gasteiger partial charge is 0.355 e. The summed E-state index contributed by atoms with van der Waals surface area (Å²) in [6.45, 7) is 1.46. The average molecular weight is 456 g/mol. The van der Waals surface area contributed by atoms with E-state index in [9.17, 15) is 13.2 Å². The molecule has 156 valence electrons. The molecule has 0 aromatic heterocycles. The lowest BCUT2D eigenvalue weighted by Crippen LogP contribution is -2.34. The third-order valence-corrected chi connectivity index (χ3v) is 6.85. The van der Waals surface area contributed by atoms with Crippen LogP contribution in [0.3, 0.4) is 0 Å². The number of nitrogens with one attached hydrogen (secondary N) is 2. The summed E-state index contributed by atoms with van der Waals surface area (Å²) in [5.74, 6) is -0.0571. The van der Waals surface area contributed by atoms with Crippen molar-refractivity contribution in [3.8, 4) is 0 Å². The fourth-order valence-corrected chi connectivity index (χ4v) is 4.31. The number of benzene rings is 2. The van der Waals surface area contributed by atoms with Crippen LogP contribution >= 0.6 is 23.2 Å². The van der Waals surface area contributed by atoms with E-state index in [0.717, 1.165) is 12.1 Å². The molecule has 0 heterocycles. The molecule has 0 radical (unpaired) electrons. The Balaban J connectivity index is 1.52. The third kappa shape index (κ3) is 6.34. The van der Waals surface area contributed by atoms with E-state index in [2.05, 4.69) is 22.0 Å². The molecular weight excluding hydrogens is 433 g/mol. The Hall–Kier alpha value is -1.80. The van der Waals surface area contributed by atoms with Gasteiger partial charge in [0.05, 0.1) is 21.4 Å². The van der Waals surface area contributed by atoms with Crippen molar-refractivity contribution in [2.75, 3.05) is 24.9 Å². The highest BCUT2D eigenvalue weighted by atomic mass is 35.5. The van der Waals surface area contributed by atoms with Crippen LogP contribution in [0.25, 0.3) is 0 Å².